The number of nitriles is 1. The van der Waals surface area contributed by atoms with Gasteiger partial charge in [0, 0.05) is 24.7 Å². The molecular formula is C15H20ClN3O. The van der Waals surface area contributed by atoms with Crippen LogP contribution in [0.5, 0.6) is 0 Å². The van der Waals surface area contributed by atoms with Crippen LogP contribution in [-0.2, 0) is 4.74 Å². The SMILES string of the molecule is N#Cc1cc(Cl)ccc1NCCCCN1CCOCC1. The lowest BCUT2D eigenvalue weighted by molar-refractivity contribution is 0.0373. The van der Waals surface area contributed by atoms with Gasteiger partial charge in [-0.1, -0.05) is 11.6 Å². The molecule has 1 aromatic carbocycles. The zero-order valence-electron chi connectivity index (χ0n) is 11.6. The molecule has 0 atom stereocenters. The van der Waals surface area contributed by atoms with Gasteiger partial charge in [0.25, 0.3) is 0 Å². The first kappa shape index (κ1) is 15.1. The molecule has 0 spiro atoms. The maximum absolute atomic E-state index is 9.05. The highest BCUT2D eigenvalue weighted by Crippen LogP contribution is 2.19. The number of anilines is 1. The van der Waals surface area contributed by atoms with Crippen molar-refractivity contribution < 1.29 is 4.74 Å². The second kappa shape index (κ2) is 8.11. The predicted molar refractivity (Wildman–Crippen MR) is 81.1 cm³/mol. The Morgan fingerprint density at radius 2 is 2.10 bits per heavy atom. The smallest absolute Gasteiger partial charge is 0.101 e. The van der Waals surface area contributed by atoms with Gasteiger partial charge in [-0.2, -0.15) is 5.26 Å². The van der Waals surface area contributed by atoms with E-state index in [1.165, 1.54) is 0 Å². The van der Waals surface area contributed by atoms with Gasteiger partial charge in [-0.25, -0.2) is 0 Å². The Morgan fingerprint density at radius 1 is 1.30 bits per heavy atom. The van der Waals surface area contributed by atoms with E-state index in [1.54, 1.807) is 12.1 Å². The number of hydrogen-bond donors (Lipinski definition) is 1. The molecule has 0 unspecified atom stereocenters. The van der Waals surface area contributed by atoms with E-state index >= 15 is 0 Å². The molecule has 1 saturated heterocycles. The predicted octanol–water partition coefficient (Wildman–Crippen LogP) is 2.74. The van der Waals surface area contributed by atoms with Crippen molar-refractivity contribution in [1.29, 1.82) is 5.26 Å². The highest BCUT2D eigenvalue weighted by Gasteiger charge is 2.09. The third kappa shape index (κ3) is 4.68. The Kier molecular flexibility index (Phi) is 6.13. The molecule has 1 fully saturated rings. The first-order valence-corrected chi connectivity index (χ1v) is 7.41. The highest BCUT2D eigenvalue weighted by atomic mass is 35.5. The van der Waals surface area contributed by atoms with Crippen molar-refractivity contribution in [2.24, 2.45) is 0 Å². The van der Waals surface area contributed by atoms with Crippen molar-refractivity contribution in [2.75, 3.05) is 44.7 Å². The molecule has 1 N–H and O–H groups in total. The minimum atomic E-state index is 0.597. The van der Waals surface area contributed by atoms with Crippen LogP contribution < -0.4 is 5.32 Å². The molecule has 0 amide bonds. The molecule has 0 radical (unpaired) electrons. The number of benzene rings is 1. The zero-order chi connectivity index (χ0) is 14.2. The van der Waals surface area contributed by atoms with Crippen LogP contribution in [0.25, 0.3) is 0 Å². The van der Waals surface area contributed by atoms with Gasteiger partial charge < -0.3 is 10.1 Å². The minimum absolute atomic E-state index is 0.597. The molecule has 5 heteroatoms. The maximum Gasteiger partial charge on any atom is 0.101 e. The molecule has 0 aromatic heterocycles. The highest BCUT2D eigenvalue weighted by molar-refractivity contribution is 6.30. The summed E-state index contributed by atoms with van der Waals surface area (Å²) in [7, 11) is 0. The summed E-state index contributed by atoms with van der Waals surface area (Å²) in [6.45, 7) is 5.80. The summed E-state index contributed by atoms with van der Waals surface area (Å²) in [5.74, 6) is 0. The molecule has 2 rings (SSSR count). The van der Waals surface area contributed by atoms with Crippen molar-refractivity contribution in [2.45, 2.75) is 12.8 Å². The third-order valence-electron chi connectivity index (χ3n) is 3.42. The first-order valence-electron chi connectivity index (χ1n) is 7.03. The zero-order valence-corrected chi connectivity index (χ0v) is 12.3. The summed E-state index contributed by atoms with van der Waals surface area (Å²) in [6, 6.07) is 7.52. The molecule has 1 heterocycles. The Hall–Kier alpha value is -1.28. The maximum atomic E-state index is 9.05. The number of rotatable bonds is 6. The molecule has 1 aliphatic heterocycles. The number of unbranched alkanes of at least 4 members (excludes halogenated alkanes) is 1. The van der Waals surface area contributed by atoms with Gasteiger partial charge in [0.2, 0.25) is 0 Å². The van der Waals surface area contributed by atoms with Gasteiger partial charge in [-0.15, -0.1) is 0 Å². The van der Waals surface area contributed by atoms with Crippen molar-refractivity contribution in [1.82, 2.24) is 4.90 Å². The fourth-order valence-electron chi connectivity index (χ4n) is 2.27. The van der Waals surface area contributed by atoms with Gasteiger partial charge in [-0.3, -0.25) is 4.90 Å². The van der Waals surface area contributed by atoms with Crippen LogP contribution in [0.1, 0.15) is 18.4 Å². The molecule has 1 aliphatic rings. The molecule has 0 bridgehead atoms. The quantitative estimate of drug-likeness (QED) is 0.819. The summed E-state index contributed by atoms with van der Waals surface area (Å²) in [6.07, 6.45) is 2.24. The van der Waals surface area contributed by atoms with E-state index in [9.17, 15) is 0 Å². The van der Waals surface area contributed by atoms with E-state index in [0.717, 1.165) is 57.9 Å². The number of halogens is 1. The number of hydrogen-bond acceptors (Lipinski definition) is 4. The van der Waals surface area contributed by atoms with Gasteiger partial charge in [0.1, 0.15) is 6.07 Å². The normalized spacial score (nSPS) is 15.8. The van der Waals surface area contributed by atoms with Crippen molar-refractivity contribution in [3.63, 3.8) is 0 Å². The average Bonchev–Trinajstić information content (AvgIpc) is 2.49. The van der Waals surface area contributed by atoms with Crippen LogP contribution in [0.3, 0.4) is 0 Å². The minimum Gasteiger partial charge on any atom is -0.384 e. The molecule has 20 heavy (non-hydrogen) atoms. The van der Waals surface area contributed by atoms with Gasteiger partial charge >= 0.3 is 0 Å². The van der Waals surface area contributed by atoms with Gasteiger partial charge in [0.15, 0.2) is 0 Å². The molecule has 1 aromatic rings. The average molecular weight is 294 g/mol. The molecule has 0 saturated carbocycles. The van der Waals surface area contributed by atoms with E-state index in [1.807, 2.05) is 6.07 Å². The lowest BCUT2D eigenvalue weighted by Crippen LogP contribution is -2.36. The number of morpholine rings is 1. The van der Waals surface area contributed by atoms with E-state index in [0.29, 0.717) is 10.6 Å². The molecule has 0 aliphatic carbocycles. The van der Waals surface area contributed by atoms with E-state index < -0.39 is 0 Å². The number of nitrogens with one attached hydrogen (secondary N) is 1. The van der Waals surface area contributed by atoms with Gasteiger partial charge in [-0.05, 0) is 37.6 Å². The summed E-state index contributed by atoms with van der Waals surface area (Å²) in [5.41, 5.74) is 1.47. The van der Waals surface area contributed by atoms with Crippen LogP contribution >= 0.6 is 11.6 Å². The number of ether oxygens (including phenoxy) is 1. The van der Waals surface area contributed by atoms with Crippen LogP contribution in [0.2, 0.25) is 5.02 Å². The van der Waals surface area contributed by atoms with Crippen LogP contribution in [0.15, 0.2) is 18.2 Å². The lowest BCUT2D eigenvalue weighted by atomic mass is 10.2. The van der Waals surface area contributed by atoms with Crippen molar-refractivity contribution >= 4 is 17.3 Å². The Balaban J connectivity index is 1.67. The van der Waals surface area contributed by atoms with E-state index in [4.69, 9.17) is 21.6 Å². The molecular weight excluding hydrogens is 274 g/mol. The van der Waals surface area contributed by atoms with E-state index in [-0.39, 0.29) is 0 Å². The van der Waals surface area contributed by atoms with Crippen LogP contribution in [0.4, 0.5) is 5.69 Å². The Labute approximate surface area is 125 Å². The Bertz CT molecular complexity index is 467. The molecule has 108 valence electrons. The summed E-state index contributed by atoms with van der Waals surface area (Å²) >= 11 is 5.87. The molecule has 4 nitrogen and oxygen atoms in total. The Morgan fingerprint density at radius 3 is 2.85 bits per heavy atom. The topological polar surface area (TPSA) is 48.3 Å². The second-order valence-electron chi connectivity index (χ2n) is 4.89. The lowest BCUT2D eigenvalue weighted by Gasteiger charge is -2.26. The van der Waals surface area contributed by atoms with Crippen molar-refractivity contribution in [3.05, 3.63) is 28.8 Å². The van der Waals surface area contributed by atoms with Crippen LogP contribution in [0, 0.1) is 11.3 Å². The first-order chi connectivity index (χ1) is 9.79. The van der Waals surface area contributed by atoms with Crippen molar-refractivity contribution in [3.8, 4) is 6.07 Å². The summed E-state index contributed by atoms with van der Waals surface area (Å²) in [4.78, 5) is 2.44. The summed E-state index contributed by atoms with van der Waals surface area (Å²) < 4.78 is 5.32. The van der Waals surface area contributed by atoms with E-state index in [2.05, 4.69) is 16.3 Å². The monoisotopic (exact) mass is 293 g/mol. The summed E-state index contributed by atoms with van der Waals surface area (Å²) in [5, 5.41) is 13.0. The third-order valence-corrected chi connectivity index (χ3v) is 3.66. The number of nitrogens with zero attached hydrogens (tertiary/aromatic N) is 2. The second-order valence-corrected chi connectivity index (χ2v) is 5.33. The van der Waals surface area contributed by atoms with Crippen LogP contribution in [-0.4, -0.2) is 44.3 Å². The fourth-order valence-corrected chi connectivity index (χ4v) is 2.44. The standard InChI is InChI=1S/C15H20ClN3O/c16-14-3-4-15(13(11-14)12-17)18-5-1-2-6-19-7-9-20-10-8-19/h3-4,11,18H,1-2,5-10H2. The fraction of sp³-hybridized carbons (Fsp3) is 0.533. The largest absolute Gasteiger partial charge is 0.384 e. The van der Waals surface area contributed by atoms with Gasteiger partial charge in [0.05, 0.1) is 24.5 Å².